The number of benzene rings is 4. The van der Waals surface area contributed by atoms with Gasteiger partial charge in [-0.1, -0.05) is 0 Å². The molecule has 0 N–H and O–H groups in total. The van der Waals surface area contributed by atoms with Crippen LogP contribution in [0.2, 0.25) is 0 Å². The Hall–Kier alpha value is -2.73. The van der Waals surface area contributed by atoms with Crippen LogP contribution in [0.25, 0.3) is 11.1 Å². The average Bonchev–Trinajstić information content (AvgIpc) is 3.68. The molecule has 0 nitrogen and oxygen atoms in total. The quantitative estimate of drug-likeness (QED) is 0.160. The van der Waals surface area contributed by atoms with E-state index in [0.29, 0.717) is 20.8 Å². The van der Waals surface area contributed by atoms with E-state index in [4.69, 9.17) is 0 Å². The molecule has 2 aliphatic rings. The molecule has 4 aromatic rings. The van der Waals surface area contributed by atoms with Gasteiger partial charge in [-0.3, -0.25) is 0 Å². The van der Waals surface area contributed by atoms with Gasteiger partial charge < -0.3 is 24.8 Å². The van der Waals surface area contributed by atoms with Crippen LogP contribution >= 0.6 is 0 Å². The number of allylic oxidation sites excluding steroid dienone is 4. The van der Waals surface area contributed by atoms with Crippen LogP contribution in [0.5, 0.6) is 0 Å². The van der Waals surface area contributed by atoms with Crippen LogP contribution in [0, 0.1) is 17.3 Å². The van der Waals surface area contributed by atoms with Gasteiger partial charge in [0.05, 0.1) is 0 Å². The molecule has 0 spiro atoms. The van der Waals surface area contributed by atoms with E-state index in [9.17, 15) is 26.3 Å². The first-order valence-electron chi connectivity index (χ1n) is 19.1. The van der Waals surface area contributed by atoms with Crippen LogP contribution in [0.15, 0.2) is 99.9 Å². The maximum atomic E-state index is 14.5. The Morgan fingerprint density at radius 2 is 1.11 bits per heavy atom. The topological polar surface area (TPSA) is 0 Å². The van der Waals surface area contributed by atoms with Crippen LogP contribution < -0.4 is 28.1 Å². The van der Waals surface area contributed by atoms with Gasteiger partial charge in [-0.15, -0.1) is 0 Å². The zero-order valence-corrected chi connectivity index (χ0v) is 38.5. The van der Waals surface area contributed by atoms with Crippen molar-refractivity contribution in [1.29, 1.82) is 0 Å². The smallest absolute Gasteiger partial charge is 1.00 e. The van der Waals surface area contributed by atoms with Gasteiger partial charge in [0.1, 0.15) is 0 Å². The van der Waals surface area contributed by atoms with Crippen LogP contribution in [0.4, 0.5) is 26.3 Å². The third-order valence-electron chi connectivity index (χ3n) is 11.1. The van der Waals surface area contributed by atoms with Crippen molar-refractivity contribution in [2.75, 3.05) is 0 Å². The minimum absolute atomic E-state index is 0. The van der Waals surface area contributed by atoms with Gasteiger partial charge in [0.2, 0.25) is 0 Å². The van der Waals surface area contributed by atoms with Crippen molar-refractivity contribution in [3.8, 4) is 11.1 Å². The summed E-state index contributed by atoms with van der Waals surface area (Å²) in [7, 11) is 0. The minimum atomic E-state index is -4.63. The van der Waals surface area contributed by atoms with E-state index in [1.807, 2.05) is 0 Å². The summed E-state index contributed by atoms with van der Waals surface area (Å²) in [5.41, 5.74) is 6.50. The Kier molecular flexibility index (Phi) is 13.5. The van der Waals surface area contributed by atoms with Crippen LogP contribution in [0.1, 0.15) is 121 Å². The van der Waals surface area contributed by atoms with Gasteiger partial charge in [-0.05, 0) is 0 Å². The molecule has 9 heteroatoms. The van der Waals surface area contributed by atoms with Crippen LogP contribution in [-0.4, -0.2) is 3.21 Å². The standard InChI is InChI=1S/C21H25.C15H8F6.C12H19.2ClH.Zr/c1-20(2,3)16-9-7-14-11-15-8-10-17(21(4,5)6)13-19(15)18(14)12-16;16-14(17,18)12-5-1-3-10(8-12)7-11-4-2-6-13(9-11)15(19,20)21;1-9(2)10-6-7-11(8-10)12(3,4)5;;;/h7,9-10,12-13H,11H2,1-6H3;1-6,8-9H;7-10H,1-5H3;2*1H;/q;;;;;+2/p-2. The van der Waals surface area contributed by atoms with E-state index in [-0.39, 0.29) is 52.9 Å². The summed E-state index contributed by atoms with van der Waals surface area (Å²) < 4.78 is 89.9. The first kappa shape index (κ1) is 47.0. The Bertz CT molecular complexity index is 2190. The van der Waals surface area contributed by atoms with Gasteiger partial charge in [0, 0.05) is 0 Å². The fourth-order valence-corrected chi connectivity index (χ4v) is 16.8. The van der Waals surface area contributed by atoms with Gasteiger partial charge >= 0.3 is 333 Å². The molecule has 57 heavy (non-hydrogen) atoms. The number of fused-ring (bicyclic) bond motifs is 3. The molecule has 0 bridgehead atoms. The van der Waals surface area contributed by atoms with Crippen molar-refractivity contribution >= 4 is 6.48 Å². The fraction of sp³-hybridized carbons (Fsp3) is 0.396. The molecule has 0 radical (unpaired) electrons. The number of hydrogen-bond donors (Lipinski definition) is 0. The molecule has 0 amide bonds. The predicted octanol–water partition coefficient (Wildman–Crippen LogP) is 7.55. The Morgan fingerprint density at radius 1 is 0.596 bits per heavy atom. The largest absolute Gasteiger partial charge is 1.00 e. The summed E-state index contributed by atoms with van der Waals surface area (Å²) in [6.07, 6.45) is -4.03. The minimum Gasteiger partial charge on any atom is -1.00 e. The number of halogens is 8. The average molecular weight is 905 g/mol. The molecule has 0 saturated heterocycles. The molecule has 1 unspecified atom stereocenters. The van der Waals surface area contributed by atoms with Crippen molar-refractivity contribution < 1.29 is 72.4 Å². The zero-order chi connectivity index (χ0) is 40.6. The summed E-state index contributed by atoms with van der Waals surface area (Å²) in [6.45, 7) is 23.9. The van der Waals surface area contributed by atoms with Gasteiger partial charge in [-0.25, -0.2) is 0 Å². The Morgan fingerprint density at radius 3 is 1.56 bits per heavy atom. The first-order valence-corrected chi connectivity index (χ1v) is 22.8. The van der Waals surface area contributed by atoms with Gasteiger partial charge in [0.25, 0.3) is 0 Å². The molecular weight excluding hydrogens is 853 g/mol. The predicted molar refractivity (Wildman–Crippen MR) is 212 cm³/mol. The summed E-state index contributed by atoms with van der Waals surface area (Å²) in [5, 5.41) is 0. The van der Waals surface area contributed by atoms with Crippen LogP contribution in [0.3, 0.4) is 0 Å². The third kappa shape index (κ3) is 9.68. The SMILES string of the molecule is CC(C)C1C=C(C(C)(C)C)C=[C]1[Zr+2](=[C](c1cccc(C(F)(F)F)c1)c1cccc(C(F)(F)F)c1)[c]1cc(C(C)(C)C)cc2c1Cc1ccc(C(C)(C)C)cc1-2.[Cl-].[Cl-]. The molecule has 0 aromatic heterocycles. The summed E-state index contributed by atoms with van der Waals surface area (Å²) in [4.78, 5) is 0. The van der Waals surface area contributed by atoms with E-state index in [2.05, 4.69) is 119 Å². The number of alkyl halides is 6. The summed E-state index contributed by atoms with van der Waals surface area (Å²) in [6, 6.07) is 21.8. The summed E-state index contributed by atoms with van der Waals surface area (Å²) in [5.74, 6) is 0.122. The van der Waals surface area contributed by atoms with Gasteiger partial charge in [0.15, 0.2) is 0 Å². The zero-order valence-electron chi connectivity index (χ0n) is 34.5. The molecule has 0 heterocycles. The van der Waals surface area contributed by atoms with E-state index in [1.54, 1.807) is 12.1 Å². The summed E-state index contributed by atoms with van der Waals surface area (Å²) >= 11 is -3.85. The molecule has 2 aliphatic carbocycles. The molecule has 304 valence electrons. The van der Waals surface area contributed by atoms with Crippen LogP contribution in [-0.2, 0) is 50.9 Å². The molecule has 4 aromatic carbocycles. The van der Waals surface area contributed by atoms with Crippen molar-refractivity contribution in [2.45, 2.75) is 106 Å². The monoisotopic (exact) mass is 902 g/mol. The van der Waals surface area contributed by atoms with E-state index >= 15 is 0 Å². The normalized spacial score (nSPS) is 15.5. The molecular formula is C48H52Cl2F6Zr. The maximum absolute atomic E-state index is 14.5. The Labute approximate surface area is 355 Å². The van der Waals surface area contributed by atoms with E-state index < -0.39 is 44.7 Å². The van der Waals surface area contributed by atoms with E-state index in [0.717, 1.165) is 55.4 Å². The fourth-order valence-electron chi connectivity index (χ4n) is 7.84. The van der Waals surface area contributed by atoms with Crippen molar-refractivity contribution in [1.82, 2.24) is 0 Å². The van der Waals surface area contributed by atoms with Crippen molar-refractivity contribution in [3.05, 3.63) is 144 Å². The second-order valence-corrected chi connectivity index (χ2v) is 24.6. The first-order chi connectivity index (χ1) is 25.2. The number of hydrogen-bond acceptors (Lipinski definition) is 0. The van der Waals surface area contributed by atoms with Crippen molar-refractivity contribution in [2.24, 2.45) is 17.3 Å². The molecule has 6 rings (SSSR count). The van der Waals surface area contributed by atoms with Gasteiger partial charge in [-0.2, -0.15) is 0 Å². The molecule has 0 saturated carbocycles. The second kappa shape index (κ2) is 16.4. The maximum Gasteiger partial charge on any atom is -1.00 e. The molecule has 0 aliphatic heterocycles. The van der Waals surface area contributed by atoms with E-state index in [1.165, 1.54) is 26.5 Å². The number of rotatable bonds is 5. The molecule has 0 fully saturated rings. The second-order valence-electron chi connectivity index (χ2n) is 18.7. The third-order valence-corrected chi connectivity index (χ3v) is 18.8. The van der Waals surface area contributed by atoms with Crippen molar-refractivity contribution in [3.63, 3.8) is 0 Å². The molecule has 1 atom stereocenters. The Balaban J connectivity index is 0.00000360.